The van der Waals surface area contributed by atoms with Crippen LogP contribution in [-0.4, -0.2) is 28.0 Å². The normalized spacial score (nSPS) is 11.8. The summed E-state index contributed by atoms with van der Waals surface area (Å²) in [5.74, 6) is 1.92. The molecule has 138 valence electrons. The average Bonchev–Trinajstić information content (AvgIpc) is 3.12. The van der Waals surface area contributed by atoms with E-state index in [1.54, 1.807) is 12.1 Å². The van der Waals surface area contributed by atoms with E-state index in [0.29, 0.717) is 22.6 Å². The third-order valence-corrected chi connectivity index (χ3v) is 5.24. The SMILES string of the molecule is [2H]c1ncc(-c2ccc3ncc(C#C)n3n2)cc1NS(=O)(=O)c1ccc(F)cc1. The topological polar surface area (TPSA) is 89.2 Å². The Balaban J connectivity index is 1.73. The van der Waals surface area contributed by atoms with Crippen molar-refractivity contribution in [3.05, 3.63) is 72.5 Å². The van der Waals surface area contributed by atoms with Crippen molar-refractivity contribution in [3.63, 3.8) is 0 Å². The molecule has 9 heteroatoms. The molecule has 0 aliphatic heterocycles. The minimum atomic E-state index is -4.03. The molecule has 0 fully saturated rings. The van der Waals surface area contributed by atoms with Crippen molar-refractivity contribution in [1.82, 2.24) is 19.6 Å². The molecule has 1 N–H and O–H groups in total. The van der Waals surface area contributed by atoms with Gasteiger partial charge in [-0.1, -0.05) is 0 Å². The van der Waals surface area contributed by atoms with Gasteiger partial charge in [0.2, 0.25) is 0 Å². The second-order valence-corrected chi connectivity index (χ2v) is 7.40. The second kappa shape index (κ2) is 6.75. The Labute approximate surface area is 161 Å². The highest BCUT2D eigenvalue weighted by atomic mass is 32.2. The predicted octanol–water partition coefficient (Wildman–Crippen LogP) is 2.71. The molecular formula is C19H12FN5O2S. The summed E-state index contributed by atoms with van der Waals surface area (Å²) in [6.45, 7) is 0. The standard InChI is InChI=1S/C19H12FN5O2S/c1-2-16-12-22-19-8-7-18(23-25(16)19)13-9-15(11-21-10-13)24-28(26,27)17-5-3-14(20)4-6-17/h1,3-12,24H/i11D. The number of anilines is 1. The van der Waals surface area contributed by atoms with Gasteiger partial charge in [0, 0.05) is 11.8 Å². The van der Waals surface area contributed by atoms with Crippen LogP contribution in [0.25, 0.3) is 16.9 Å². The molecule has 7 nitrogen and oxygen atoms in total. The Hall–Kier alpha value is -3.77. The summed E-state index contributed by atoms with van der Waals surface area (Å²) in [5, 5.41) is 4.40. The maximum atomic E-state index is 13.1. The van der Waals surface area contributed by atoms with E-state index in [4.69, 9.17) is 7.79 Å². The van der Waals surface area contributed by atoms with Crippen LogP contribution < -0.4 is 4.72 Å². The first-order valence-corrected chi connectivity index (χ1v) is 9.42. The molecule has 0 aliphatic rings. The van der Waals surface area contributed by atoms with Crippen LogP contribution in [0, 0.1) is 18.2 Å². The van der Waals surface area contributed by atoms with E-state index < -0.39 is 15.8 Å². The first-order valence-electron chi connectivity index (χ1n) is 8.44. The number of fused-ring (bicyclic) bond motifs is 1. The van der Waals surface area contributed by atoms with Gasteiger partial charge in [-0.15, -0.1) is 6.42 Å². The molecule has 0 bridgehead atoms. The van der Waals surface area contributed by atoms with Gasteiger partial charge in [0.1, 0.15) is 11.5 Å². The summed E-state index contributed by atoms with van der Waals surface area (Å²) in [6, 6.07) is 9.18. The Morgan fingerprint density at radius 3 is 2.71 bits per heavy atom. The lowest BCUT2D eigenvalue weighted by molar-refractivity contribution is 0.599. The van der Waals surface area contributed by atoms with Crippen LogP contribution in [0.3, 0.4) is 0 Å². The van der Waals surface area contributed by atoms with Crippen molar-refractivity contribution in [2.24, 2.45) is 0 Å². The van der Waals surface area contributed by atoms with Crippen LogP contribution in [0.1, 0.15) is 7.06 Å². The van der Waals surface area contributed by atoms with Gasteiger partial charge in [0.05, 0.1) is 30.0 Å². The number of halogens is 1. The van der Waals surface area contributed by atoms with Gasteiger partial charge < -0.3 is 0 Å². The lowest BCUT2D eigenvalue weighted by Gasteiger charge is -2.09. The summed E-state index contributed by atoms with van der Waals surface area (Å²) in [6.07, 6.45) is 8.08. The molecule has 1 aromatic carbocycles. The van der Waals surface area contributed by atoms with E-state index >= 15 is 0 Å². The third-order valence-electron chi connectivity index (χ3n) is 3.86. The third kappa shape index (κ3) is 3.28. The minimum Gasteiger partial charge on any atom is -0.278 e. The summed E-state index contributed by atoms with van der Waals surface area (Å²) in [7, 11) is -4.03. The summed E-state index contributed by atoms with van der Waals surface area (Å²) < 4.78 is 49.9. The Bertz CT molecular complexity index is 1380. The predicted molar refractivity (Wildman–Crippen MR) is 101 cm³/mol. The molecule has 0 saturated heterocycles. The van der Waals surface area contributed by atoms with Crippen molar-refractivity contribution in [3.8, 4) is 23.6 Å². The fourth-order valence-electron chi connectivity index (χ4n) is 2.53. The monoisotopic (exact) mass is 394 g/mol. The lowest BCUT2D eigenvalue weighted by atomic mass is 10.2. The molecule has 28 heavy (non-hydrogen) atoms. The number of aromatic nitrogens is 4. The van der Waals surface area contributed by atoms with E-state index in [1.807, 2.05) is 0 Å². The fourth-order valence-corrected chi connectivity index (χ4v) is 3.54. The van der Waals surface area contributed by atoms with Gasteiger partial charge in [0.15, 0.2) is 5.65 Å². The van der Waals surface area contributed by atoms with Gasteiger partial charge in [-0.05, 0) is 48.4 Å². The summed E-state index contributed by atoms with van der Waals surface area (Å²) in [5.41, 5.74) is 1.91. The lowest BCUT2D eigenvalue weighted by Crippen LogP contribution is -2.13. The van der Waals surface area contributed by atoms with Gasteiger partial charge >= 0.3 is 0 Å². The van der Waals surface area contributed by atoms with Crippen molar-refractivity contribution in [2.45, 2.75) is 4.90 Å². The molecule has 0 saturated carbocycles. The number of nitrogens with zero attached hydrogens (tertiary/aromatic N) is 4. The smallest absolute Gasteiger partial charge is 0.261 e. The average molecular weight is 394 g/mol. The molecule has 3 aromatic heterocycles. The van der Waals surface area contributed by atoms with Gasteiger partial charge in [0.25, 0.3) is 10.0 Å². The van der Waals surface area contributed by atoms with E-state index in [0.717, 1.165) is 24.3 Å². The van der Waals surface area contributed by atoms with E-state index in [9.17, 15) is 12.8 Å². The van der Waals surface area contributed by atoms with Crippen molar-refractivity contribution >= 4 is 21.4 Å². The largest absolute Gasteiger partial charge is 0.278 e. The highest BCUT2D eigenvalue weighted by Gasteiger charge is 2.15. The van der Waals surface area contributed by atoms with Gasteiger partial charge in [-0.2, -0.15) is 5.10 Å². The van der Waals surface area contributed by atoms with Crippen LogP contribution >= 0.6 is 0 Å². The van der Waals surface area contributed by atoms with Gasteiger partial charge in [-0.25, -0.2) is 22.3 Å². The molecule has 0 atom stereocenters. The number of terminal acetylenes is 1. The zero-order valence-corrected chi connectivity index (χ0v) is 15.0. The Morgan fingerprint density at radius 1 is 1.18 bits per heavy atom. The molecule has 0 unspecified atom stereocenters. The van der Waals surface area contributed by atoms with E-state index in [-0.39, 0.29) is 16.8 Å². The van der Waals surface area contributed by atoms with Gasteiger partial charge in [-0.3, -0.25) is 9.71 Å². The Kier molecular flexibility index (Phi) is 3.96. The number of sulfonamides is 1. The second-order valence-electron chi connectivity index (χ2n) is 5.72. The zero-order valence-electron chi connectivity index (χ0n) is 15.2. The van der Waals surface area contributed by atoms with E-state index in [1.165, 1.54) is 23.0 Å². The highest BCUT2D eigenvalue weighted by molar-refractivity contribution is 7.92. The summed E-state index contributed by atoms with van der Waals surface area (Å²) in [4.78, 5) is 7.93. The number of benzene rings is 1. The van der Waals surface area contributed by atoms with Crippen LogP contribution in [0.15, 0.2) is 65.9 Å². The molecule has 0 spiro atoms. The highest BCUT2D eigenvalue weighted by Crippen LogP contribution is 2.22. The quantitative estimate of drug-likeness (QED) is 0.538. The first kappa shape index (κ1) is 16.4. The number of rotatable bonds is 4. The number of imidazole rings is 1. The molecule has 0 radical (unpaired) electrons. The van der Waals surface area contributed by atoms with Crippen molar-refractivity contribution < 1.29 is 14.2 Å². The van der Waals surface area contributed by atoms with Crippen LogP contribution in [0.2, 0.25) is 0 Å². The summed E-state index contributed by atoms with van der Waals surface area (Å²) >= 11 is 0. The number of hydrogen-bond donors (Lipinski definition) is 1. The zero-order chi connectivity index (χ0) is 20.6. The molecule has 0 amide bonds. The van der Waals surface area contributed by atoms with Crippen LogP contribution in [0.4, 0.5) is 10.1 Å². The van der Waals surface area contributed by atoms with E-state index in [2.05, 4.69) is 25.7 Å². The number of pyridine rings is 1. The number of hydrogen-bond acceptors (Lipinski definition) is 5. The first-order chi connectivity index (χ1) is 13.9. The van der Waals surface area contributed by atoms with Crippen molar-refractivity contribution in [2.75, 3.05) is 4.72 Å². The molecule has 0 aliphatic carbocycles. The fraction of sp³-hybridized carbons (Fsp3) is 0. The maximum absolute atomic E-state index is 13.1. The van der Waals surface area contributed by atoms with Crippen molar-refractivity contribution in [1.29, 1.82) is 0 Å². The Morgan fingerprint density at radius 2 is 1.96 bits per heavy atom. The molecular weight excluding hydrogens is 381 g/mol. The molecule has 3 heterocycles. The molecule has 4 rings (SSSR count). The molecule has 4 aromatic rings. The van der Waals surface area contributed by atoms with Crippen LogP contribution in [-0.2, 0) is 10.0 Å². The number of nitrogens with one attached hydrogen (secondary N) is 1. The maximum Gasteiger partial charge on any atom is 0.261 e. The van der Waals surface area contributed by atoms with Crippen LogP contribution in [0.5, 0.6) is 0 Å². The minimum absolute atomic E-state index is 0.0449.